The number of methoxy groups -OCH3 is 1. The van der Waals surface area contributed by atoms with E-state index in [-0.39, 0.29) is 22.7 Å². The first-order valence-electron chi connectivity index (χ1n) is 8.30. The van der Waals surface area contributed by atoms with Crippen molar-refractivity contribution in [1.82, 2.24) is 0 Å². The second kappa shape index (κ2) is 7.72. The SMILES string of the molecule is COc1ccc(C)cc1NC(=O)c1ccccc1S[C@@H]1CCS(=O)(=O)C1. The van der Waals surface area contributed by atoms with Crippen molar-refractivity contribution in [2.45, 2.75) is 23.5 Å². The molecule has 0 saturated carbocycles. The fraction of sp³-hybridized carbons (Fsp3) is 0.316. The molecule has 0 aromatic heterocycles. The molecule has 1 aliphatic heterocycles. The second-order valence-corrected chi connectivity index (χ2v) is 9.87. The first kappa shape index (κ1) is 18.8. The van der Waals surface area contributed by atoms with Gasteiger partial charge in [-0.2, -0.15) is 0 Å². The number of amides is 1. The number of benzene rings is 2. The zero-order valence-corrected chi connectivity index (χ0v) is 16.3. The van der Waals surface area contributed by atoms with Crippen LogP contribution in [0.5, 0.6) is 5.75 Å². The number of hydrogen-bond acceptors (Lipinski definition) is 5. The number of ether oxygens (including phenoxy) is 1. The fourth-order valence-corrected chi connectivity index (χ4v) is 6.53. The lowest BCUT2D eigenvalue weighted by Crippen LogP contribution is -2.15. The lowest BCUT2D eigenvalue weighted by Gasteiger charge is -2.14. The third-order valence-electron chi connectivity index (χ3n) is 4.22. The van der Waals surface area contributed by atoms with E-state index in [0.29, 0.717) is 23.4 Å². The second-order valence-electron chi connectivity index (χ2n) is 6.30. The molecular formula is C19H21NO4S2. The summed E-state index contributed by atoms with van der Waals surface area (Å²) in [6.45, 7) is 1.94. The molecule has 1 fully saturated rings. The highest BCUT2D eigenvalue weighted by Crippen LogP contribution is 2.34. The van der Waals surface area contributed by atoms with Crippen molar-refractivity contribution in [3.63, 3.8) is 0 Å². The zero-order chi connectivity index (χ0) is 18.7. The van der Waals surface area contributed by atoms with E-state index in [1.165, 1.54) is 11.8 Å². The fourth-order valence-electron chi connectivity index (χ4n) is 2.90. The minimum atomic E-state index is -2.95. The van der Waals surface area contributed by atoms with E-state index in [1.54, 1.807) is 19.2 Å². The average molecular weight is 392 g/mol. The Hall–Kier alpha value is -1.99. The summed E-state index contributed by atoms with van der Waals surface area (Å²) in [5.41, 5.74) is 2.16. The third-order valence-corrected chi connectivity index (χ3v) is 7.54. The Labute approximate surface area is 158 Å². The van der Waals surface area contributed by atoms with Gasteiger partial charge in [-0.3, -0.25) is 4.79 Å². The molecule has 0 unspecified atom stereocenters. The summed E-state index contributed by atoms with van der Waals surface area (Å²) >= 11 is 1.46. The number of rotatable bonds is 5. The van der Waals surface area contributed by atoms with Crippen molar-refractivity contribution in [2.75, 3.05) is 23.9 Å². The van der Waals surface area contributed by atoms with Crippen molar-refractivity contribution in [1.29, 1.82) is 0 Å². The maximum atomic E-state index is 12.8. The Morgan fingerprint density at radius 1 is 1.23 bits per heavy atom. The summed E-state index contributed by atoms with van der Waals surface area (Å²) in [5, 5.41) is 2.89. The molecule has 138 valence electrons. The number of hydrogen-bond donors (Lipinski definition) is 1. The highest BCUT2D eigenvalue weighted by atomic mass is 32.2. The van der Waals surface area contributed by atoms with E-state index < -0.39 is 9.84 Å². The lowest BCUT2D eigenvalue weighted by atomic mass is 10.1. The van der Waals surface area contributed by atoms with E-state index in [0.717, 1.165) is 10.5 Å². The Bertz CT molecular complexity index is 925. The molecule has 1 aliphatic rings. The van der Waals surface area contributed by atoms with Gasteiger partial charge in [-0.05, 0) is 43.2 Å². The summed E-state index contributed by atoms with van der Waals surface area (Å²) in [5.74, 6) is 0.743. The molecule has 0 aliphatic carbocycles. The molecule has 1 amide bonds. The molecule has 2 aromatic rings. The van der Waals surface area contributed by atoms with Gasteiger partial charge in [0, 0.05) is 10.1 Å². The predicted molar refractivity (Wildman–Crippen MR) is 105 cm³/mol. The smallest absolute Gasteiger partial charge is 0.256 e. The van der Waals surface area contributed by atoms with Crippen LogP contribution >= 0.6 is 11.8 Å². The van der Waals surface area contributed by atoms with Crippen molar-refractivity contribution < 1.29 is 17.9 Å². The van der Waals surface area contributed by atoms with Crippen molar-refractivity contribution >= 4 is 33.2 Å². The highest BCUT2D eigenvalue weighted by Gasteiger charge is 2.29. The molecule has 1 heterocycles. The van der Waals surface area contributed by atoms with Crippen LogP contribution in [0.1, 0.15) is 22.3 Å². The van der Waals surface area contributed by atoms with Gasteiger partial charge in [0.05, 0.1) is 29.9 Å². The van der Waals surface area contributed by atoms with Gasteiger partial charge >= 0.3 is 0 Å². The largest absolute Gasteiger partial charge is 0.495 e. The van der Waals surface area contributed by atoms with Crippen LogP contribution in [0.15, 0.2) is 47.4 Å². The number of aryl methyl sites for hydroxylation is 1. The number of carbonyl (C=O) groups is 1. The van der Waals surface area contributed by atoms with Crippen LogP contribution in [0, 0.1) is 6.92 Å². The van der Waals surface area contributed by atoms with E-state index in [2.05, 4.69) is 5.32 Å². The highest BCUT2D eigenvalue weighted by molar-refractivity contribution is 8.02. The summed E-state index contributed by atoms with van der Waals surface area (Å²) in [7, 11) is -1.39. The third kappa shape index (κ3) is 4.40. The van der Waals surface area contributed by atoms with Gasteiger partial charge in [-0.15, -0.1) is 11.8 Å². The molecule has 1 saturated heterocycles. The Kier molecular flexibility index (Phi) is 5.58. The van der Waals surface area contributed by atoms with Gasteiger partial charge in [0.1, 0.15) is 5.75 Å². The van der Waals surface area contributed by atoms with Gasteiger partial charge in [0.15, 0.2) is 9.84 Å². The van der Waals surface area contributed by atoms with E-state index in [9.17, 15) is 13.2 Å². The van der Waals surface area contributed by atoms with Gasteiger partial charge in [-0.1, -0.05) is 18.2 Å². The van der Waals surface area contributed by atoms with E-state index >= 15 is 0 Å². The van der Waals surface area contributed by atoms with Crippen LogP contribution < -0.4 is 10.1 Å². The topological polar surface area (TPSA) is 72.5 Å². The monoisotopic (exact) mass is 391 g/mol. The van der Waals surface area contributed by atoms with Crippen LogP contribution in [-0.2, 0) is 9.84 Å². The Balaban J connectivity index is 1.81. The Morgan fingerprint density at radius 2 is 2.00 bits per heavy atom. The summed E-state index contributed by atoms with van der Waals surface area (Å²) in [4.78, 5) is 13.6. The molecule has 2 aromatic carbocycles. The molecule has 7 heteroatoms. The van der Waals surface area contributed by atoms with Gasteiger partial charge in [0.2, 0.25) is 0 Å². The molecule has 26 heavy (non-hydrogen) atoms. The van der Waals surface area contributed by atoms with Crippen LogP contribution in [-0.4, -0.2) is 38.2 Å². The van der Waals surface area contributed by atoms with E-state index in [4.69, 9.17) is 4.74 Å². The first-order chi connectivity index (χ1) is 12.4. The van der Waals surface area contributed by atoms with Crippen LogP contribution in [0.25, 0.3) is 0 Å². The molecule has 0 spiro atoms. The molecule has 0 bridgehead atoms. The minimum Gasteiger partial charge on any atom is -0.495 e. The molecule has 1 atom stereocenters. The quantitative estimate of drug-likeness (QED) is 0.844. The predicted octanol–water partition coefficient (Wildman–Crippen LogP) is 3.54. The van der Waals surface area contributed by atoms with Crippen molar-refractivity contribution in [3.8, 4) is 5.75 Å². The minimum absolute atomic E-state index is 0.0116. The maximum absolute atomic E-state index is 12.8. The van der Waals surface area contributed by atoms with Crippen molar-refractivity contribution in [3.05, 3.63) is 53.6 Å². The summed E-state index contributed by atoms with van der Waals surface area (Å²) in [6, 6.07) is 12.9. The molecule has 5 nitrogen and oxygen atoms in total. The standard InChI is InChI=1S/C19H21NO4S2/c1-13-7-8-17(24-2)16(11-13)20-19(21)15-5-3-4-6-18(15)25-14-9-10-26(22,23)12-14/h3-8,11,14H,9-10,12H2,1-2H3,(H,20,21)/t14-/m1/s1. The zero-order valence-electron chi connectivity index (χ0n) is 14.7. The van der Waals surface area contributed by atoms with Crippen LogP contribution in [0.3, 0.4) is 0 Å². The number of sulfone groups is 1. The van der Waals surface area contributed by atoms with Crippen molar-refractivity contribution in [2.24, 2.45) is 0 Å². The number of thioether (sulfide) groups is 1. The molecular weight excluding hydrogens is 370 g/mol. The normalized spacial score (nSPS) is 18.5. The number of carbonyl (C=O) groups excluding carboxylic acids is 1. The summed E-state index contributed by atoms with van der Waals surface area (Å²) < 4.78 is 28.7. The summed E-state index contributed by atoms with van der Waals surface area (Å²) in [6.07, 6.45) is 0.620. The lowest BCUT2D eigenvalue weighted by molar-refractivity contribution is 0.102. The van der Waals surface area contributed by atoms with E-state index in [1.807, 2.05) is 37.3 Å². The maximum Gasteiger partial charge on any atom is 0.256 e. The number of nitrogens with one attached hydrogen (secondary N) is 1. The molecule has 3 rings (SSSR count). The van der Waals surface area contributed by atoms with Gasteiger partial charge in [-0.25, -0.2) is 8.42 Å². The molecule has 0 radical (unpaired) electrons. The molecule has 1 N–H and O–H groups in total. The first-order valence-corrected chi connectivity index (χ1v) is 11.0. The average Bonchev–Trinajstić information content (AvgIpc) is 2.94. The number of anilines is 1. The van der Waals surface area contributed by atoms with Crippen LogP contribution in [0.4, 0.5) is 5.69 Å². The Morgan fingerprint density at radius 3 is 2.69 bits per heavy atom. The van der Waals surface area contributed by atoms with Gasteiger partial charge < -0.3 is 10.1 Å². The van der Waals surface area contributed by atoms with Gasteiger partial charge in [0.25, 0.3) is 5.91 Å². The van der Waals surface area contributed by atoms with Crippen LogP contribution in [0.2, 0.25) is 0 Å².